The number of aliphatic hydroxyl groups is 1. The highest BCUT2D eigenvalue weighted by atomic mass is 16.3. The highest BCUT2D eigenvalue weighted by Gasteiger charge is 2.32. The van der Waals surface area contributed by atoms with E-state index in [0.717, 1.165) is 4.68 Å². The van der Waals surface area contributed by atoms with Crippen LogP contribution in [0.15, 0.2) is 11.3 Å². The Morgan fingerprint density at radius 1 is 1.73 bits per heavy atom. The molecule has 0 aromatic carbocycles. The van der Waals surface area contributed by atoms with Gasteiger partial charge >= 0.3 is 0 Å². The third-order valence-electron chi connectivity index (χ3n) is 2.20. The lowest BCUT2D eigenvalue weighted by Crippen LogP contribution is -2.39. The molecule has 1 aromatic rings. The number of aliphatic imine (C=N–C) groups is 1. The van der Waals surface area contributed by atoms with Gasteiger partial charge in [0, 0.05) is 0 Å². The van der Waals surface area contributed by atoms with E-state index in [2.05, 4.69) is 15.1 Å². The quantitative estimate of drug-likeness (QED) is 0.670. The van der Waals surface area contributed by atoms with Crippen molar-refractivity contribution in [2.24, 2.45) is 16.6 Å². The summed E-state index contributed by atoms with van der Waals surface area (Å²) in [4.78, 5) is 19.5. The average Bonchev–Trinajstić information content (AvgIpc) is 2.59. The molecule has 0 saturated carbocycles. The molecule has 2 rings (SSSR count). The number of carbonyl (C=O) groups is 1. The molecular weight excluding hydrogens is 198 g/mol. The normalized spacial score (nSPS) is 22.1. The Morgan fingerprint density at radius 2 is 2.47 bits per heavy atom. The van der Waals surface area contributed by atoms with Crippen LogP contribution in [0.2, 0.25) is 0 Å². The summed E-state index contributed by atoms with van der Waals surface area (Å²) in [6.07, 6.45) is 0.875. The van der Waals surface area contributed by atoms with E-state index >= 15 is 0 Å². The number of aromatic nitrogens is 3. The van der Waals surface area contributed by atoms with Crippen molar-refractivity contribution in [1.82, 2.24) is 14.8 Å². The van der Waals surface area contributed by atoms with Crippen molar-refractivity contribution < 1.29 is 9.90 Å². The maximum absolute atomic E-state index is 11.8. The predicted molar refractivity (Wildman–Crippen MR) is 51.7 cm³/mol. The molecule has 2 unspecified atom stereocenters. The van der Waals surface area contributed by atoms with Crippen LogP contribution in [-0.4, -0.2) is 37.7 Å². The van der Waals surface area contributed by atoms with Gasteiger partial charge in [-0.15, -0.1) is 0 Å². The summed E-state index contributed by atoms with van der Waals surface area (Å²) >= 11 is 0. The Bertz CT molecular complexity index is 422. The van der Waals surface area contributed by atoms with Crippen molar-refractivity contribution >= 4 is 17.7 Å². The van der Waals surface area contributed by atoms with Crippen LogP contribution in [0, 0.1) is 5.92 Å². The molecule has 0 amide bonds. The number of fused-ring (bicyclic) bond motifs is 1. The Kier molecular flexibility index (Phi) is 2.24. The highest BCUT2D eigenvalue weighted by Crippen LogP contribution is 2.20. The van der Waals surface area contributed by atoms with Crippen LogP contribution >= 0.6 is 0 Å². The van der Waals surface area contributed by atoms with Gasteiger partial charge in [-0.25, -0.2) is 0 Å². The Labute approximate surface area is 85.6 Å². The van der Waals surface area contributed by atoms with Crippen LogP contribution in [0.25, 0.3) is 0 Å². The van der Waals surface area contributed by atoms with E-state index in [4.69, 9.17) is 5.73 Å². The molecule has 3 N–H and O–H groups in total. The summed E-state index contributed by atoms with van der Waals surface area (Å²) in [5, 5.41) is 13.0. The number of nitrogens with two attached hydrogens (primary N) is 1. The van der Waals surface area contributed by atoms with E-state index in [1.54, 1.807) is 6.92 Å². The smallest absolute Gasteiger partial charge is 0.260 e. The first kappa shape index (κ1) is 9.78. The SMILES string of the molecule is CC(O)CC1C(=O)n2ncnc2N=C1N. The summed E-state index contributed by atoms with van der Waals surface area (Å²) in [6.45, 7) is 1.59. The summed E-state index contributed by atoms with van der Waals surface area (Å²) in [5.41, 5.74) is 5.63. The van der Waals surface area contributed by atoms with E-state index in [1.807, 2.05) is 0 Å². The first-order valence-electron chi connectivity index (χ1n) is 4.56. The second-order valence-corrected chi connectivity index (χ2v) is 3.48. The van der Waals surface area contributed by atoms with Gasteiger partial charge in [-0.3, -0.25) is 4.79 Å². The molecule has 0 spiro atoms. The van der Waals surface area contributed by atoms with Crippen molar-refractivity contribution in [1.29, 1.82) is 0 Å². The molecule has 7 nitrogen and oxygen atoms in total. The predicted octanol–water partition coefficient (Wildman–Crippen LogP) is -0.692. The van der Waals surface area contributed by atoms with Crippen molar-refractivity contribution in [3.05, 3.63) is 6.33 Å². The zero-order valence-corrected chi connectivity index (χ0v) is 8.16. The van der Waals surface area contributed by atoms with Crippen LogP contribution in [0.1, 0.15) is 18.1 Å². The van der Waals surface area contributed by atoms with E-state index in [0.29, 0.717) is 0 Å². The minimum atomic E-state index is -0.613. The van der Waals surface area contributed by atoms with Crippen LogP contribution < -0.4 is 5.73 Å². The number of hydrogen-bond donors (Lipinski definition) is 2. The largest absolute Gasteiger partial charge is 0.393 e. The van der Waals surface area contributed by atoms with Gasteiger partial charge in [-0.2, -0.15) is 19.8 Å². The second-order valence-electron chi connectivity index (χ2n) is 3.48. The molecule has 2 atom stereocenters. The molecule has 0 bridgehead atoms. The van der Waals surface area contributed by atoms with Gasteiger partial charge in [0.15, 0.2) is 0 Å². The lowest BCUT2D eigenvalue weighted by atomic mass is 9.99. The fraction of sp³-hybridized carbons (Fsp3) is 0.500. The topological polar surface area (TPSA) is 106 Å². The molecule has 0 radical (unpaired) electrons. The van der Waals surface area contributed by atoms with E-state index < -0.39 is 12.0 Å². The number of hydrogen-bond acceptors (Lipinski definition) is 6. The Morgan fingerprint density at radius 3 is 3.13 bits per heavy atom. The Balaban J connectivity index is 2.35. The fourth-order valence-electron chi connectivity index (χ4n) is 1.50. The number of carbonyl (C=O) groups excluding carboxylic acids is 1. The lowest BCUT2D eigenvalue weighted by Gasteiger charge is -2.19. The van der Waals surface area contributed by atoms with Gasteiger partial charge in [0.25, 0.3) is 11.9 Å². The van der Waals surface area contributed by atoms with Gasteiger partial charge in [0.1, 0.15) is 18.1 Å². The van der Waals surface area contributed by atoms with Crippen LogP contribution in [-0.2, 0) is 0 Å². The molecule has 15 heavy (non-hydrogen) atoms. The van der Waals surface area contributed by atoms with Gasteiger partial charge in [-0.05, 0) is 13.3 Å². The molecule has 7 heteroatoms. The van der Waals surface area contributed by atoms with Gasteiger partial charge < -0.3 is 10.8 Å². The molecule has 0 saturated heterocycles. The molecule has 80 valence electrons. The average molecular weight is 209 g/mol. The highest BCUT2D eigenvalue weighted by molar-refractivity contribution is 6.06. The van der Waals surface area contributed by atoms with Crippen molar-refractivity contribution in [2.45, 2.75) is 19.4 Å². The van der Waals surface area contributed by atoms with Crippen LogP contribution in [0.4, 0.5) is 5.95 Å². The van der Waals surface area contributed by atoms with E-state index in [9.17, 15) is 9.90 Å². The van der Waals surface area contributed by atoms with Gasteiger partial charge in [0.05, 0.1) is 6.10 Å². The maximum atomic E-state index is 11.8. The molecular formula is C8H11N5O2. The van der Waals surface area contributed by atoms with Gasteiger partial charge in [0.2, 0.25) is 0 Å². The number of nitrogens with zero attached hydrogens (tertiary/aromatic N) is 4. The summed E-state index contributed by atoms with van der Waals surface area (Å²) in [5.74, 6) is -0.532. The minimum Gasteiger partial charge on any atom is -0.393 e. The van der Waals surface area contributed by atoms with Crippen molar-refractivity contribution in [2.75, 3.05) is 0 Å². The molecule has 2 heterocycles. The van der Waals surface area contributed by atoms with Crippen LogP contribution in [0.3, 0.4) is 0 Å². The number of aliphatic hydroxyl groups excluding tert-OH is 1. The first-order chi connectivity index (χ1) is 7.09. The zero-order chi connectivity index (χ0) is 11.0. The standard InChI is InChI=1S/C8H11N5O2/c1-4(14)2-5-6(9)12-8-10-3-11-13(8)7(5)15/h3-5,14H,2H2,1H3,(H2,9,10,11,12). The van der Waals surface area contributed by atoms with Crippen LogP contribution in [0.5, 0.6) is 0 Å². The fourth-order valence-corrected chi connectivity index (χ4v) is 1.50. The summed E-state index contributed by atoms with van der Waals surface area (Å²) in [6, 6.07) is 0. The summed E-state index contributed by atoms with van der Waals surface area (Å²) in [7, 11) is 0. The molecule has 1 aliphatic rings. The Hall–Kier alpha value is -1.76. The molecule has 0 aliphatic carbocycles. The monoisotopic (exact) mass is 209 g/mol. The molecule has 0 fully saturated rings. The van der Waals surface area contributed by atoms with E-state index in [-0.39, 0.29) is 24.1 Å². The van der Waals surface area contributed by atoms with Crippen molar-refractivity contribution in [3.8, 4) is 0 Å². The summed E-state index contributed by atoms with van der Waals surface area (Å²) < 4.78 is 1.10. The van der Waals surface area contributed by atoms with Crippen molar-refractivity contribution in [3.63, 3.8) is 0 Å². The lowest BCUT2D eigenvalue weighted by molar-refractivity contribution is 0.0803. The maximum Gasteiger partial charge on any atom is 0.260 e. The zero-order valence-electron chi connectivity index (χ0n) is 8.16. The second kappa shape index (κ2) is 3.43. The number of amidine groups is 1. The molecule has 1 aliphatic heterocycles. The molecule has 1 aromatic heterocycles. The minimum absolute atomic E-state index is 0.182. The third kappa shape index (κ3) is 1.61. The third-order valence-corrected chi connectivity index (χ3v) is 2.20. The van der Waals surface area contributed by atoms with E-state index in [1.165, 1.54) is 6.33 Å². The number of rotatable bonds is 2. The first-order valence-corrected chi connectivity index (χ1v) is 4.56. The van der Waals surface area contributed by atoms with Gasteiger partial charge in [-0.1, -0.05) is 0 Å².